The third kappa shape index (κ3) is 4.16. The number of carbonyl (C=O) groups is 1. The number of nitro groups is 1. The first-order chi connectivity index (χ1) is 12.0. The molecular formula is C16H16ClN5O3. The van der Waals surface area contributed by atoms with E-state index in [1.54, 1.807) is 35.2 Å². The molecule has 1 aliphatic heterocycles. The summed E-state index contributed by atoms with van der Waals surface area (Å²) in [6.45, 7) is 2.37. The molecule has 8 nitrogen and oxygen atoms in total. The van der Waals surface area contributed by atoms with Crippen LogP contribution in [-0.4, -0.2) is 47.0 Å². The average Bonchev–Trinajstić information content (AvgIpc) is 2.64. The van der Waals surface area contributed by atoms with E-state index in [-0.39, 0.29) is 11.8 Å². The van der Waals surface area contributed by atoms with Gasteiger partial charge in [0.1, 0.15) is 0 Å². The number of halogens is 1. The number of benzene rings is 1. The molecule has 1 aliphatic rings. The third-order valence-corrected chi connectivity index (χ3v) is 4.20. The molecule has 9 heteroatoms. The number of pyridine rings is 1. The monoisotopic (exact) mass is 361 g/mol. The summed E-state index contributed by atoms with van der Waals surface area (Å²) in [5.74, 6) is -0.176. The molecule has 3 rings (SSSR count). The summed E-state index contributed by atoms with van der Waals surface area (Å²) in [6, 6.07) is 9.83. The van der Waals surface area contributed by atoms with Crippen LogP contribution in [0.25, 0.3) is 0 Å². The van der Waals surface area contributed by atoms with Gasteiger partial charge in [-0.05, 0) is 40.2 Å². The van der Waals surface area contributed by atoms with Gasteiger partial charge in [0.15, 0.2) is 6.20 Å². The van der Waals surface area contributed by atoms with Gasteiger partial charge in [-0.3, -0.25) is 0 Å². The second-order valence-corrected chi connectivity index (χ2v) is 5.98. The number of rotatable bonds is 3. The van der Waals surface area contributed by atoms with E-state index in [9.17, 15) is 14.9 Å². The van der Waals surface area contributed by atoms with Gasteiger partial charge in [0.25, 0.3) is 0 Å². The van der Waals surface area contributed by atoms with Crippen LogP contribution in [-0.2, 0) is 0 Å². The Morgan fingerprint density at radius 1 is 1.12 bits per heavy atom. The summed E-state index contributed by atoms with van der Waals surface area (Å²) >= 11 is 5.83. The minimum absolute atomic E-state index is 0.163. The summed E-state index contributed by atoms with van der Waals surface area (Å²) in [6.07, 6.45) is 1.49. The molecule has 2 amide bonds. The van der Waals surface area contributed by atoms with Crippen molar-refractivity contribution in [3.05, 3.63) is 57.7 Å². The summed E-state index contributed by atoms with van der Waals surface area (Å²) in [5, 5.41) is 14.1. The third-order valence-electron chi connectivity index (χ3n) is 3.95. The van der Waals surface area contributed by atoms with Crippen LogP contribution in [0.5, 0.6) is 0 Å². The molecule has 1 fully saturated rings. The molecule has 0 atom stereocenters. The highest BCUT2D eigenvalue weighted by molar-refractivity contribution is 6.30. The minimum Gasteiger partial charge on any atom is -0.365 e. The van der Waals surface area contributed by atoms with E-state index in [0.29, 0.717) is 36.9 Å². The van der Waals surface area contributed by atoms with Gasteiger partial charge in [-0.2, -0.15) is 0 Å². The van der Waals surface area contributed by atoms with E-state index in [1.807, 2.05) is 4.90 Å². The first-order valence-electron chi connectivity index (χ1n) is 7.70. The molecule has 0 saturated carbocycles. The standard InChI is InChI=1S/C16H16ClN5O3/c17-12-1-3-13(4-2-12)19-16(23)21-9-7-20(8-10-21)14-5-6-15(18-11-14)22(24)25/h1-6,11H,7-10H2,(H,19,23). The predicted octanol–water partition coefficient (Wildman–Crippen LogP) is 3.00. The molecule has 1 N–H and O–H groups in total. The Morgan fingerprint density at radius 2 is 1.80 bits per heavy atom. The second-order valence-electron chi connectivity index (χ2n) is 5.54. The van der Waals surface area contributed by atoms with E-state index in [1.165, 1.54) is 12.3 Å². The molecule has 0 spiro atoms. The Hall–Kier alpha value is -2.87. The van der Waals surface area contributed by atoms with E-state index in [0.717, 1.165) is 5.69 Å². The number of hydrogen-bond donors (Lipinski definition) is 1. The first-order valence-corrected chi connectivity index (χ1v) is 8.07. The van der Waals surface area contributed by atoms with Gasteiger partial charge in [-0.1, -0.05) is 11.6 Å². The van der Waals surface area contributed by atoms with Crippen molar-refractivity contribution in [3.8, 4) is 0 Å². The van der Waals surface area contributed by atoms with Gasteiger partial charge in [0.2, 0.25) is 0 Å². The molecule has 2 aromatic rings. The SMILES string of the molecule is O=C(Nc1ccc(Cl)cc1)N1CCN(c2ccc([N+](=O)[O-])nc2)CC1. The zero-order chi connectivity index (χ0) is 17.8. The lowest BCUT2D eigenvalue weighted by Gasteiger charge is -2.35. The number of urea groups is 1. The maximum absolute atomic E-state index is 12.3. The number of hydrogen-bond acceptors (Lipinski definition) is 5. The first kappa shape index (κ1) is 17.0. The largest absolute Gasteiger partial charge is 0.365 e. The van der Waals surface area contributed by atoms with Crippen LogP contribution in [0.1, 0.15) is 0 Å². The number of nitrogens with zero attached hydrogens (tertiary/aromatic N) is 4. The van der Waals surface area contributed by atoms with Crippen LogP contribution in [0.15, 0.2) is 42.6 Å². The molecule has 25 heavy (non-hydrogen) atoms. The second kappa shape index (κ2) is 7.35. The van der Waals surface area contributed by atoms with Crippen molar-refractivity contribution in [2.75, 3.05) is 36.4 Å². The maximum atomic E-state index is 12.3. The van der Waals surface area contributed by atoms with E-state index in [2.05, 4.69) is 10.3 Å². The fraction of sp³-hybridized carbons (Fsp3) is 0.250. The quantitative estimate of drug-likeness (QED) is 0.670. The van der Waals surface area contributed by atoms with Crippen molar-refractivity contribution >= 4 is 34.8 Å². The lowest BCUT2D eigenvalue weighted by Crippen LogP contribution is -2.50. The van der Waals surface area contributed by atoms with Crippen LogP contribution < -0.4 is 10.2 Å². The van der Waals surface area contributed by atoms with Crippen LogP contribution >= 0.6 is 11.6 Å². The number of anilines is 2. The van der Waals surface area contributed by atoms with Crippen LogP contribution in [0, 0.1) is 10.1 Å². The van der Waals surface area contributed by atoms with E-state index in [4.69, 9.17) is 11.6 Å². The van der Waals surface area contributed by atoms with Gasteiger partial charge in [-0.25, -0.2) is 4.79 Å². The number of amides is 2. The Balaban J connectivity index is 1.55. The molecule has 0 radical (unpaired) electrons. The predicted molar refractivity (Wildman–Crippen MR) is 95.1 cm³/mol. The molecular weight excluding hydrogens is 346 g/mol. The molecule has 130 valence electrons. The zero-order valence-electron chi connectivity index (χ0n) is 13.3. The molecule has 1 saturated heterocycles. The van der Waals surface area contributed by atoms with Crippen molar-refractivity contribution in [1.29, 1.82) is 0 Å². The van der Waals surface area contributed by atoms with Gasteiger partial charge < -0.3 is 25.2 Å². The van der Waals surface area contributed by atoms with Crippen molar-refractivity contribution < 1.29 is 9.72 Å². The highest BCUT2D eigenvalue weighted by atomic mass is 35.5. The molecule has 2 heterocycles. The summed E-state index contributed by atoms with van der Waals surface area (Å²) in [5.41, 5.74) is 1.50. The topological polar surface area (TPSA) is 91.6 Å². The van der Waals surface area contributed by atoms with Crippen molar-refractivity contribution in [1.82, 2.24) is 9.88 Å². The van der Waals surface area contributed by atoms with Gasteiger partial charge in [-0.15, -0.1) is 0 Å². The van der Waals surface area contributed by atoms with Gasteiger partial charge in [0, 0.05) is 43.0 Å². The number of aromatic nitrogens is 1. The average molecular weight is 362 g/mol. The Labute approximate surface area is 149 Å². The number of piperazine rings is 1. The Kier molecular flexibility index (Phi) is 4.99. The van der Waals surface area contributed by atoms with Crippen LogP contribution in [0.2, 0.25) is 5.02 Å². The maximum Gasteiger partial charge on any atom is 0.363 e. The van der Waals surface area contributed by atoms with E-state index < -0.39 is 4.92 Å². The normalized spacial score (nSPS) is 14.3. The highest BCUT2D eigenvalue weighted by Gasteiger charge is 2.22. The molecule has 1 aromatic heterocycles. The Bertz CT molecular complexity index is 758. The molecule has 0 unspecified atom stereocenters. The smallest absolute Gasteiger partial charge is 0.363 e. The number of carbonyl (C=O) groups excluding carboxylic acids is 1. The minimum atomic E-state index is -0.525. The summed E-state index contributed by atoms with van der Waals surface area (Å²) < 4.78 is 0. The Morgan fingerprint density at radius 3 is 2.36 bits per heavy atom. The lowest BCUT2D eigenvalue weighted by molar-refractivity contribution is -0.389. The zero-order valence-corrected chi connectivity index (χ0v) is 14.0. The fourth-order valence-electron chi connectivity index (χ4n) is 2.58. The van der Waals surface area contributed by atoms with Crippen molar-refractivity contribution in [3.63, 3.8) is 0 Å². The lowest BCUT2D eigenvalue weighted by atomic mass is 10.2. The van der Waals surface area contributed by atoms with Gasteiger partial charge >= 0.3 is 11.8 Å². The molecule has 1 aromatic carbocycles. The highest BCUT2D eigenvalue weighted by Crippen LogP contribution is 2.19. The fourth-order valence-corrected chi connectivity index (χ4v) is 2.70. The van der Waals surface area contributed by atoms with Crippen LogP contribution in [0.3, 0.4) is 0 Å². The summed E-state index contributed by atoms with van der Waals surface area (Å²) in [7, 11) is 0. The van der Waals surface area contributed by atoms with E-state index >= 15 is 0 Å². The van der Waals surface area contributed by atoms with Crippen LogP contribution in [0.4, 0.5) is 22.0 Å². The molecule has 0 aliphatic carbocycles. The van der Waals surface area contributed by atoms with Crippen molar-refractivity contribution in [2.24, 2.45) is 0 Å². The molecule has 0 bridgehead atoms. The van der Waals surface area contributed by atoms with Gasteiger partial charge in [0.05, 0.1) is 5.69 Å². The number of nitrogens with one attached hydrogen (secondary N) is 1. The van der Waals surface area contributed by atoms with Crippen molar-refractivity contribution in [2.45, 2.75) is 0 Å². The summed E-state index contributed by atoms with van der Waals surface area (Å²) in [4.78, 5) is 30.0.